The van der Waals surface area contributed by atoms with Crippen LogP contribution in [0.15, 0.2) is 0 Å². The third-order valence-electron chi connectivity index (χ3n) is 5.88. The third kappa shape index (κ3) is 2.22. The maximum absolute atomic E-state index is 5.37. The molecule has 18 heavy (non-hydrogen) atoms. The molecule has 1 N–H and O–H groups in total. The van der Waals surface area contributed by atoms with Crippen molar-refractivity contribution >= 4 is 0 Å². The number of fused-ring (bicyclic) bond motifs is 5. The quantitative estimate of drug-likeness (QED) is 0.782. The second-order valence-electron chi connectivity index (χ2n) is 6.87. The smallest absolute Gasteiger partial charge is 0.0615 e. The van der Waals surface area contributed by atoms with Crippen molar-refractivity contribution in [3.8, 4) is 0 Å². The lowest BCUT2D eigenvalue weighted by Gasteiger charge is -2.34. The van der Waals surface area contributed by atoms with Crippen LogP contribution < -0.4 is 5.32 Å². The molecule has 2 nitrogen and oxygen atoms in total. The van der Waals surface area contributed by atoms with Crippen molar-refractivity contribution in [2.75, 3.05) is 13.7 Å². The van der Waals surface area contributed by atoms with Gasteiger partial charge in [-0.2, -0.15) is 0 Å². The average molecular weight is 251 g/mol. The fourth-order valence-electron chi connectivity index (χ4n) is 5.33. The fourth-order valence-corrected chi connectivity index (χ4v) is 5.33. The summed E-state index contributed by atoms with van der Waals surface area (Å²) in [5, 5.41) is 3.94. The molecule has 0 radical (unpaired) electrons. The molecule has 0 aromatic rings. The molecule has 0 saturated heterocycles. The Balaban J connectivity index is 1.58. The summed E-state index contributed by atoms with van der Waals surface area (Å²) >= 11 is 0. The van der Waals surface area contributed by atoms with Crippen molar-refractivity contribution in [1.29, 1.82) is 0 Å². The van der Waals surface area contributed by atoms with Gasteiger partial charge in [-0.05, 0) is 55.8 Å². The number of hydrogen-bond acceptors (Lipinski definition) is 2. The van der Waals surface area contributed by atoms with E-state index in [0.29, 0.717) is 6.04 Å². The molecular formula is C16H29NO. The SMILES string of the molecule is CCCC(COC)NC1CC2CC1C1CCCC21. The summed E-state index contributed by atoms with van der Waals surface area (Å²) in [6, 6.07) is 1.39. The van der Waals surface area contributed by atoms with Crippen molar-refractivity contribution in [1.82, 2.24) is 5.32 Å². The first-order valence-electron chi connectivity index (χ1n) is 8.08. The van der Waals surface area contributed by atoms with Crippen LogP contribution in [0.1, 0.15) is 51.9 Å². The van der Waals surface area contributed by atoms with Crippen LogP contribution in [0.5, 0.6) is 0 Å². The molecule has 6 atom stereocenters. The molecule has 3 aliphatic carbocycles. The number of nitrogens with one attached hydrogen (secondary N) is 1. The van der Waals surface area contributed by atoms with Crippen LogP contribution in [0.25, 0.3) is 0 Å². The summed E-state index contributed by atoms with van der Waals surface area (Å²) in [5.74, 6) is 4.25. The standard InChI is InChI=1S/C16H29NO/c1-3-5-12(10-18-2)17-16-9-11-8-15(16)14-7-4-6-13(11)14/h11-17H,3-10H2,1-2H3. The van der Waals surface area contributed by atoms with Gasteiger partial charge in [-0.15, -0.1) is 0 Å². The Morgan fingerprint density at radius 1 is 1.17 bits per heavy atom. The predicted octanol–water partition coefficient (Wildman–Crippen LogP) is 3.22. The minimum absolute atomic E-state index is 0.587. The van der Waals surface area contributed by atoms with Crippen LogP contribution in [-0.2, 0) is 4.74 Å². The Kier molecular flexibility index (Phi) is 3.95. The summed E-state index contributed by atoms with van der Waals surface area (Å²) < 4.78 is 5.37. The van der Waals surface area contributed by atoms with Gasteiger partial charge in [0.1, 0.15) is 0 Å². The highest BCUT2D eigenvalue weighted by Gasteiger charge is 2.53. The minimum atomic E-state index is 0.587. The van der Waals surface area contributed by atoms with Gasteiger partial charge in [0.15, 0.2) is 0 Å². The monoisotopic (exact) mass is 251 g/mol. The van der Waals surface area contributed by atoms with Crippen molar-refractivity contribution in [2.45, 2.75) is 64.0 Å². The Bertz CT molecular complexity index is 274. The van der Waals surface area contributed by atoms with Crippen LogP contribution in [0.2, 0.25) is 0 Å². The highest BCUT2D eigenvalue weighted by molar-refractivity contribution is 5.05. The molecule has 0 spiro atoms. The van der Waals surface area contributed by atoms with E-state index in [4.69, 9.17) is 4.74 Å². The molecule has 0 aromatic heterocycles. The maximum Gasteiger partial charge on any atom is 0.0615 e. The summed E-state index contributed by atoms with van der Waals surface area (Å²) in [4.78, 5) is 0. The van der Waals surface area contributed by atoms with Crippen molar-refractivity contribution < 1.29 is 4.74 Å². The van der Waals surface area contributed by atoms with Gasteiger partial charge < -0.3 is 10.1 Å². The second kappa shape index (κ2) is 5.50. The molecule has 3 saturated carbocycles. The molecule has 0 aliphatic heterocycles. The molecule has 0 aromatic carbocycles. The summed E-state index contributed by atoms with van der Waals surface area (Å²) in [6.45, 7) is 3.16. The highest BCUT2D eigenvalue weighted by atomic mass is 16.5. The maximum atomic E-state index is 5.37. The number of ether oxygens (including phenoxy) is 1. The van der Waals surface area contributed by atoms with E-state index in [1.807, 2.05) is 7.11 Å². The molecule has 0 heterocycles. The van der Waals surface area contributed by atoms with E-state index in [0.717, 1.165) is 36.3 Å². The molecule has 3 rings (SSSR count). The molecule has 3 aliphatic rings. The first-order chi connectivity index (χ1) is 8.83. The van der Waals surface area contributed by atoms with Crippen LogP contribution in [0.3, 0.4) is 0 Å². The van der Waals surface area contributed by atoms with Crippen LogP contribution >= 0.6 is 0 Å². The van der Waals surface area contributed by atoms with E-state index in [-0.39, 0.29) is 0 Å². The Morgan fingerprint density at radius 3 is 2.78 bits per heavy atom. The molecule has 2 bridgehead atoms. The van der Waals surface area contributed by atoms with Crippen molar-refractivity contribution in [3.63, 3.8) is 0 Å². The van der Waals surface area contributed by atoms with E-state index in [2.05, 4.69) is 12.2 Å². The van der Waals surface area contributed by atoms with Gasteiger partial charge in [0.2, 0.25) is 0 Å². The topological polar surface area (TPSA) is 21.3 Å². The Labute approximate surface area is 112 Å². The normalized spacial score (nSPS) is 43.3. The molecule has 104 valence electrons. The summed E-state index contributed by atoms with van der Waals surface area (Å²) in [7, 11) is 1.83. The van der Waals surface area contributed by atoms with E-state index < -0.39 is 0 Å². The van der Waals surface area contributed by atoms with Crippen molar-refractivity contribution in [2.24, 2.45) is 23.7 Å². The lowest BCUT2D eigenvalue weighted by Crippen LogP contribution is -2.46. The number of hydrogen-bond donors (Lipinski definition) is 1. The second-order valence-corrected chi connectivity index (χ2v) is 6.87. The Hall–Kier alpha value is -0.0800. The third-order valence-corrected chi connectivity index (χ3v) is 5.88. The zero-order valence-electron chi connectivity index (χ0n) is 12.0. The van der Waals surface area contributed by atoms with Gasteiger partial charge in [0.05, 0.1) is 6.61 Å². The van der Waals surface area contributed by atoms with Gasteiger partial charge in [0, 0.05) is 19.2 Å². The zero-order valence-corrected chi connectivity index (χ0v) is 12.0. The summed E-state index contributed by atoms with van der Waals surface area (Å²) in [6.07, 6.45) is 10.1. The van der Waals surface area contributed by atoms with Crippen LogP contribution in [0.4, 0.5) is 0 Å². The number of methoxy groups -OCH3 is 1. The van der Waals surface area contributed by atoms with Crippen LogP contribution in [-0.4, -0.2) is 25.8 Å². The molecule has 0 amide bonds. The molecule has 3 fully saturated rings. The van der Waals surface area contributed by atoms with Gasteiger partial charge in [-0.3, -0.25) is 0 Å². The highest BCUT2D eigenvalue weighted by Crippen LogP contribution is 2.58. The number of rotatable bonds is 6. The molecule has 6 unspecified atom stereocenters. The Morgan fingerprint density at radius 2 is 2.00 bits per heavy atom. The summed E-state index contributed by atoms with van der Waals surface area (Å²) in [5.41, 5.74) is 0. The van der Waals surface area contributed by atoms with Gasteiger partial charge in [-0.1, -0.05) is 19.8 Å². The van der Waals surface area contributed by atoms with Crippen LogP contribution in [0, 0.1) is 23.7 Å². The van der Waals surface area contributed by atoms with E-state index in [9.17, 15) is 0 Å². The minimum Gasteiger partial charge on any atom is -0.383 e. The fraction of sp³-hybridized carbons (Fsp3) is 1.00. The van der Waals surface area contributed by atoms with Crippen molar-refractivity contribution in [3.05, 3.63) is 0 Å². The van der Waals surface area contributed by atoms with E-state index in [1.54, 1.807) is 0 Å². The van der Waals surface area contributed by atoms with Gasteiger partial charge >= 0.3 is 0 Å². The van der Waals surface area contributed by atoms with Gasteiger partial charge in [-0.25, -0.2) is 0 Å². The lowest BCUT2D eigenvalue weighted by atomic mass is 9.79. The van der Waals surface area contributed by atoms with E-state index >= 15 is 0 Å². The van der Waals surface area contributed by atoms with Gasteiger partial charge in [0.25, 0.3) is 0 Å². The first-order valence-corrected chi connectivity index (χ1v) is 8.08. The lowest BCUT2D eigenvalue weighted by molar-refractivity contribution is 0.134. The largest absolute Gasteiger partial charge is 0.383 e. The molecular weight excluding hydrogens is 222 g/mol. The molecule has 2 heteroatoms. The average Bonchev–Trinajstić information content (AvgIpc) is 3.00. The van der Waals surface area contributed by atoms with E-state index in [1.165, 1.54) is 44.9 Å². The predicted molar refractivity (Wildman–Crippen MR) is 74.5 cm³/mol. The first kappa shape index (κ1) is 12.9. The zero-order chi connectivity index (χ0) is 12.5.